The molecule has 1 amide bonds. The van der Waals surface area contributed by atoms with E-state index in [0.717, 1.165) is 28.5 Å². The highest BCUT2D eigenvalue weighted by Crippen LogP contribution is 2.20. The van der Waals surface area contributed by atoms with Gasteiger partial charge >= 0.3 is 0 Å². The molecule has 5 nitrogen and oxygen atoms in total. The smallest absolute Gasteiger partial charge is 0.255 e. The molecule has 1 saturated heterocycles. The van der Waals surface area contributed by atoms with Crippen LogP contribution in [0.3, 0.4) is 0 Å². The summed E-state index contributed by atoms with van der Waals surface area (Å²) in [6.45, 7) is 1.36. The van der Waals surface area contributed by atoms with Crippen molar-refractivity contribution in [3.8, 4) is 5.88 Å². The third-order valence-corrected chi connectivity index (χ3v) is 4.55. The summed E-state index contributed by atoms with van der Waals surface area (Å²) in [5.74, 6) is 0.629. The molecule has 1 aromatic carbocycles. The quantitative estimate of drug-likeness (QED) is 0.732. The Kier molecular flexibility index (Phi) is 4.87. The number of hydrogen-bond donors (Lipinski definition) is 0. The van der Waals surface area contributed by atoms with Crippen molar-refractivity contribution in [3.63, 3.8) is 0 Å². The number of hydrogen-bond acceptors (Lipinski definition) is 4. The maximum Gasteiger partial charge on any atom is 0.255 e. The highest BCUT2D eigenvalue weighted by atomic mass is 127. The van der Waals surface area contributed by atoms with Gasteiger partial charge in [-0.2, -0.15) is 0 Å². The van der Waals surface area contributed by atoms with Crippen LogP contribution in [0.5, 0.6) is 5.88 Å². The molecule has 0 N–H and O–H groups in total. The normalized spacial score (nSPS) is 18.0. The first kappa shape index (κ1) is 15.2. The summed E-state index contributed by atoms with van der Waals surface area (Å²) >= 11 is 2.20. The summed E-state index contributed by atoms with van der Waals surface area (Å²) in [4.78, 5) is 22.5. The topological polar surface area (TPSA) is 55.3 Å². The molecule has 1 atom stereocenters. The SMILES string of the molecule is O=C(c1ccccc1I)N1CCCC(Oc2ccncn2)C1. The van der Waals surface area contributed by atoms with Crippen LogP contribution in [0.4, 0.5) is 0 Å². The first-order valence-corrected chi connectivity index (χ1v) is 8.28. The van der Waals surface area contributed by atoms with E-state index < -0.39 is 0 Å². The molecular formula is C16H16IN3O2. The largest absolute Gasteiger partial charge is 0.472 e. The Labute approximate surface area is 142 Å². The number of carbonyl (C=O) groups is 1. The number of ether oxygens (including phenoxy) is 1. The fraction of sp³-hybridized carbons (Fsp3) is 0.312. The van der Waals surface area contributed by atoms with E-state index in [1.807, 2.05) is 29.2 Å². The summed E-state index contributed by atoms with van der Waals surface area (Å²) in [6, 6.07) is 9.40. The summed E-state index contributed by atoms with van der Waals surface area (Å²) in [5.41, 5.74) is 0.755. The number of benzene rings is 1. The Bertz CT molecular complexity index is 651. The second kappa shape index (κ2) is 7.04. The number of rotatable bonds is 3. The molecule has 1 aromatic heterocycles. The van der Waals surface area contributed by atoms with Gasteiger partial charge in [-0.15, -0.1) is 0 Å². The van der Waals surface area contributed by atoms with E-state index in [9.17, 15) is 4.79 Å². The fourth-order valence-electron chi connectivity index (χ4n) is 2.54. The molecule has 22 heavy (non-hydrogen) atoms. The average molecular weight is 409 g/mol. The Hall–Kier alpha value is -1.70. The Morgan fingerprint density at radius 2 is 2.18 bits per heavy atom. The van der Waals surface area contributed by atoms with Crippen molar-refractivity contribution >= 4 is 28.5 Å². The number of amides is 1. The predicted octanol–water partition coefficient (Wildman–Crippen LogP) is 2.76. The predicted molar refractivity (Wildman–Crippen MR) is 90.7 cm³/mol. The Balaban J connectivity index is 1.68. The van der Waals surface area contributed by atoms with E-state index in [0.29, 0.717) is 12.4 Å². The van der Waals surface area contributed by atoms with Crippen LogP contribution < -0.4 is 4.74 Å². The molecule has 1 aliphatic rings. The molecule has 2 heterocycles. The maximum absolute atomic E-state index is 12.7. The zero-order chi connectivity index (χ0) is 15.4. The van der Waals surface area contributed by atoms with Gasteiger partial charge in [0.05, 0.1) is 12.1 Å². The fourth-order valence-corrected chi connectivity index (χ4v) is 3.16. The molecule has 0 saturated carbocycles. The van der Waals surface area contributed by atoms with Crippen LogP contribution in [0.25, 0.3) is 0 Å². The lowest BCUT2D eigenvalue weighted by Crippen LogP contribution is -2.44. The minimum Gasteiger partial charge on any atom is -0.472 e. The number of piperidine rings is 1. The molecule has 114 valence electrons. The van der Waals surface area contributed by atoms with Gasteiger partial charge in [0.1, 0.15) is 12.4 Å². The monoisotopic (exact) mass is 409 g/mol. The van der Waals surface area contributed by atoms with Crippen LogP contribution >= 0.6 is 22.6 Å². The maximum atomic E-state index is 12.7. The van der Waals surface area contributed by atoms with Crippen LogP contribution in [0, 0.1) is 3.57 Å². The molecular weight excluding hydrogens is 393 g/mol. The van der Waals surface area contributed by atoms with E-state index in [2.05, 4.69) is 32.6 Å². The molecule has 1 fully saturated rings. The second-order valence-corrected chi connectivity index (χ2v) is 6.32. The van der Waals surface area contributed by atoms with Gasteiger partial charge in [-0.05, 0) is 47.6 Å². The third kappa shape index (κ3) is 3.55. The number of nitrogens with zero attached hydrogens (tertiary/aromatic N) is 3. The standard InChI is InChI=1S/C16H16IN3O2/c17-14-6-2-1-5-13(14)16(21)20-9-3-4-12(10-20)22-15-7-8-18-11-19-15/h1-2,5-8,11-12H,3-4,9-10H2. The highest BCUT2D eigenvalue weighted by molar-refractivity contribution is 14.1. The van der Waals surface area contributed by atoms with Gasteiger partial charge < -0.3 is 9.64 Å². The first-order chi connectivity index (χ1) is 10.7. The average Bonchev–Trinajstić information content (AvgIpc) is 2.56. The van der Waals surface area contributed by atoms with E-state index in [-0.39, 0.29) is 12.0 Å². The summed E-state index contributed by atoms with van der Waals surface area (Å²) in [5, 5.41) is 0. The molecule has 0 radical (unpaired) electrons. The lowest BCUT2D eigenvalue weighted by Gasteiger charge is -2.32. The van der Waals surface area contributed by atoms with Crippen LogP contribution in [0.15, 0.2) is 42.9 Å². The molecule has 1 unspecified atom stereocenters. The molecule has 6 heteroatoms. The summed E-state index contributed by atoms with van der Waals surface area (Å²) < 4.78 is 6.83. The van der Waals surface area contributed by atoms with E-state index >= 15 is 0 Å². The van der Waals surface area contributed by atoms with Gasteiger partial charge in [-0.3, -0.25) is 4.79 Å². The zero-order valence-corrected chi connectivity index (χ0v) is 14.1. The van der Waals surface area contributed by atoms with E-state index in [4.69, 9.17) is 4.74 Å². The van der Waals surface area contributed by atoms with Crippen molar-refractivity contribution < 1.29 is 9.53 Å². The summed E-state index contributed by atoms with van der Waals surface area (Å²) in [6.07, 6.45) is 4.97. The Morgan fingerprint density at radius 3 is 2.95 bits per heavy atom. The van der Waals surface area contributed by atoms with Gasteiger partial charge in [0.2, 0.25) is 5.88 Å². The van der Waals surface area contributed by atoms with Crippen LogP contribution in [-0.2, 0) is 0 Å². The molecule has 0 spiro atoms. The molecule has 0 aliphatic carbocycles. The second-order valence-electron chi connectivity index (χ2n) is 5.16. The van der Waals surface area contributed by atoms with Crippen molar-refractivity contribution in [1.29, 1.82) is 0 Å². The number of carbonyl (C=O) groups excluding carboxylic acids is 1. The summed E-state index contributed by atoms with van der Waals surface area (Å²) in [7, 11) is 0. The molecule has 1 aliphatic heterocycles. The van der Waals surface area contributed by atoms with Crippen LogP contribution in [0.1, 0.15) is 23.2 Å². The van der Waals surface area contributed by atoms with Crippen molar-refractivity contribution in [2.24, 2.45) is 0 Å². The zero-order valence-electron chi connectivity index (χ0n) is 12.0. The molecule has 0 bridgehead atoms. The molecule has 3 rings (SSSR count). The number of halogens is 1. The Morgan fingerprint density at radius 1 is 1.32 bits per heavy atom. The lowest BCUT2D eigenvalue weighted by molar-refractivity contribution is 0.0526. The van der Waals surface area contributed by atoms with Crippen molar-refractivity contribution in [1.82, 2.24) is 14.9 Å². The van der Waals surface area contributed by atoms with E-state index in [1.165, 1.54) is 6.33 Å². The van der Waals surface area contributed by atoms with Gasteiger partial charge in [0, 0.05) is 22.4 Å². The van der Waals surface area contributed by atoms with Crippen molar-refractivity contribution in [2.75, 3.05) is 13.1 Å². The number of aromatic nitrogens is 2. The minimum atomic E-state index is -0.0195. The van der Waals surface area contributed by atoms with E-state index in [1.54, 1.807) is 12.3 Å². The first-order valence-electron chi connectivity index (χ1n) is 7.20. The minimum absolute atomic E-state index is 0.0195. The van der Waals surface area contributed by atoms with Gasteiger partial charge in [0.25, 0.3) is 5.91 Å². The third-order valence-electron chi connectivity index (χ3n) is 3.61. The lowest BCUT2D eigenvalue weighted by atomic mass is 10.1. The van der Waals surface area contributed by atoms with Gasteiger partial charge in [-0.25, -0.2) is 9.97 Å². The van der Waals surface area contributed by atoms with Gasteiger partial charge in [-0.1, -0.05) is 12.1 Å². The van der Waals surface area contributed by atoms with Crippen LogP contribution in [0.2, 0.25) is 0 Å². The number of likely N-dealkylation sites (tertiary alicyclic amines) is 1. The van der Waals surface area contributed by atoms with Crippen molar-refractivity contribution in [3.05, 3.63) is 52.0 Å². The van der Waals surface area contributed by atoms with Crippen molar-refractivity contribution in [2.45, 2.75) is 18.9 Å². The molecule has 2 aromatic rings. The van der Waals surface area contributed by atoms with Crippen LogP contribution in [-0.4, -0.2) is 40.0 Å². The van der Waals surface area contributed by atoms with Gasteiger partial charge in [0.15, 0.2) is 0 Å². The highest BCUT2D eigenvalue weighted by Gasteiger charge is 2.26.